The minimum absolute atomic E-state index is 0.0212. The van der Waals surface area contributed by atoms with Crippen molar-refractivity contribution in [1.82, 2.24) is 4.90 Å². The first-order valence-electron chi connectivity index (χ1n) is 10.3. The molecule has 2 atom stereocenters. The molecule has 7 nitrogen and oxygen atoms in total. The maximum absolute atomic E-state index is 12.2. The van der Waals surface area contributed by atoms with Gasteiger partial charge in [0.05, 0.1) is 12.1 Å². The average Bonchev–Trinajstić information content (AvgIpc) is 3.29. The van der Waals surface area contributed by atoms with Gasteiger partial charge in [-0.05, 0) is 37.0 Å². The van der Waals surface area contributed by atoms with Gasteiger partial charge in [0.15, 0.2) is 11.5 Å². The van der Waals surface area contributed by atoms with Crippen molar-refractivity contribution in [1.29, 1.82) is 0 Å². The Morgan fingerprint density at radius 1 is 1.21 bits per heavy atom. The number of amides is 1. The van der Waals surface area contributed by atoms with E-state index in [1.807, 2.05) is 29.2 Å². The highest BCUT2D eigenvalue weighted by atomic mass is 16.7. The van der Waals surface area contributed by atoms with Gasteiger partial charge in [0.25, 0.3) is 0 Å². The Kier molecular flexibility index (Phi) is 7.52. The first-order chi connectivity index (χ1) is 14.0. The predicted octanol–water partition coefficient (Wildman–Crippen LogP) is 2.90. The molecule has 2 unspecified atom stereocenters. The summed E-state index contributed by atoms with van der Waals surface area (Å²) in [5, 5.41) is 19.0. The largest absolute Gasteiger partial charge is 0.481 e. The molecular weight excluding hydrogens is 374 g/mol. The van der Waals surface area contributed by atoms with Crippen LogP contribution in [0, 0.1) is 0 Å². The maximum Gasteiger partial charge on any atom is 0.303 e. The van der Waals surface area contributed by atoms with Crippen LogP contribution in [0.1, 0.15) is 50.5 Å². The van der Waals surface area contributed by atoms with Crippen LogP contribution in [0.3, 0.4) is 0 Å². The lowest BCUT2D eigenvalue weighted by atomic mass is 10.1. The van der Waals surface area contributed by atoms with E-state index in [-0.39, 0.29) is 25.2 Å². The summed E-state index contributed by atoms with van der Waals surface area (Å²) < 4.78 is 10.7. The van der Waals surface area contributed by atoms with Gasteiger partial charge in [-0.2, -0.15) is 0 Å². The zero-order chi connectivity index (χ0) is 20.6. The monoisotopic (exact) mass is 403 g/mol. The number of carbonyl (C=O) groups is 2. The molecule has 0 radical (unpaired) electrons. The molecule has 0 saturated carbocycles. The van der Waals surface area contributed by atoms with Gasteiger partial charge in [0.2, 0.25) is 12.7 Å². The number of rotatable bonds is 11. The van der Waals surface area contributed by atoms with Gasteiger partial charge in [-0.15, -0.1) is 0 Å². The van der Waals surface area contributed by atoms with Gasteiger partial charge in [-0.3, -0.25) is 9.59 Å². The molecule has 1 aromatic carbocycles. The van der Waals surface area contributed by atoms with Crippen molar-refractivity contribution in [3.63, 3.8) is 0 Å². The van der Waals surface area contributed by atoms with E-state index < -0.39 is 12.1 Å². The number of carboxylic acid groups (broad SMARTS) is 1. The van der Waals surface area contributed by atoms with Crippen molar-refractivity contribution in [3.05, 3.63) is 35.9 Å². The number of benzene rings is 1. The minimum atomic E-state index is -0.760. The van der Waals surface area contributed by atoms with Crippen LogP contribution in [0.15, 0.2) is 30.4 Å². The van der Waals surface area contributed by atoms with Crippen LogP contribution in [-0.4, -0.2) is 52.5 Å². The first-order valence-corrected chi connectivity index (χ1v) is 10.3. The Hall–Kier alpha value is -2.54. The highest BCUT2D eigenvalue weighted by Gasteiger charge is 2.28. The average molecular weight is 403 g/mol. The molecule has 1 amide bonds. The fourth-order valence-electron chi connectivity index (χ4n) is 3.79. The number of carboxylic acids is 1. The summed E-state index contributed by atoms with van der Waals surface area (Å²) in [6, 6.07) is 5.67. The van der Waals surface area contributed by atoms with Crippen LogP contribution < -0.4 is 9.47 Å². The number of nitrogens with zero attached hydrogens (tertiary/aromatic N) is 1. The summed E-state index contributed by atoms with van der Waals surface area (Å²) in [4.78, 5) is 24.6. The number of unbranched alkanes of at least 4 members (excludes halogenated alkanes) is 3. The zero-order valence-electron chi connectivity index (χ0n) is 16.6. The van der Waals surface area contributed by atoms with Crippen molar-refractivity contribution in [3.8, 4) is 11.5 Å². The second kappa shape index (κ2) is 10.3. The molecule has 1 fully saturated rings. The number of carbonyl (C=O) groups excluding carboxylic acids is 1. The van der Waals surface area contributed by atoms with E-state index in [9.17, 15) is 14.7 Å². The highest BCUT2D eigenvalue weighted by Crippen LogP contribution is 2.32. The number of fused-ring (bicyclic) bond motifs is 1. The van der Waals surface area contributed by atoms with E-state index in [2.05, 4.69) is 0 Å². The third-order valence-corrected chi connectivity index (χ3v) is 5.35. The molecule has 0 spiro atoms. The Morgan fingerprint density at radius 3 is 2.83 bits per heavy atom. The molecule has 1 aromatic rings. The van der Waals surface area contributed by atoms with E-state index in [0.29, 0.717) is 31.6 Å². The third-order valence-electron chi connectivity index (χ3n) is 5.35. The number of likely N-dealkylation sites (tertiary alicyclic amines) is 1. The lowest BCUT2D eigenvalue weighted by molar-refractivity contribution is -0.137. The van der Waals surface area contributed by atoms with E-state index >= 15 is 0 Å². The number of hydrogen-bond donors (Lipinski definition) is 2. The molecule has 3 rings (SSSR count). The zero-order valence-corrected chi connectivity index (χ0v) is 16.6. The van der Waals surface area contributed by atoms with Gasteiger partial charge >= 0.3 is 5.97 Å². The van der Waals surface area contributed by atoms with E-state index in [4.69, 9.17) is 14.6 Å². The second-order valence-electron chi connectivity index (χ2n) is 7.60. The summed E-state index contributed by atoms with van der Waals surface area (Å²) in [5.41, 5.74) is 0.965. The quantitative estimate of drug-likeness (QED) is 0.436. The van der Waals surface area contributed by atoms with Crippen molar-refractivity contribution < 1.29 is 29.3 Å². The number of aliphatic carboxylic acids is 1. The molecule has 0 aromatic heterocycles. The number of hydrogen-bond acceptors (Lipinski definition) is 5. The summed E-state index contributed by atoms with van der Waals surface area (Å²) in [6.45, 7) is 0.908. The molecular formula is C22H29NO6. The molecule has 2 aliphatic rings. The molecule has 1 saturated heterocycles. The number of ether oxygens (including phenoxy) is 2. The summed E-state index contributed by atoms with van der Waals surface area (Å²) >= 11 is 0. The highest BCUT2D eigenvalue weighted by molar-refractivity contribution is 5.79. The van der Waals surface area contributed by atoms with Crippen molar-refractivity contribution in [2.75, 3.05) is 13.3 Å². The lowest BCUT2D eigenvalue weighted by Gasteiger charge is -2.22. The molecule has 0 aliphatic carbocycles. The van der Waals surface area contributed by atoms with Gasteiger partial charge in [0, 0.05) is 25.8 Å². The van der Waals surface area contributed by atoms with Gasteiger partial charge in [-0.25, -0.2) is 0 Å². The van der Waals surface area contributed by atoms with Crippen LogP contribution in [0.5, 0.6) is 11.5 Å². The van der Waals surface area contributed by atoms with Crippen LogP contribution >= 0.6 is 0 Å². The predicted molar refractivity (Wildman–Crippen MR) is 107 cm³/mol. The minimum Gasteiger partial charge on any atom is -0.481 e. The normalized spacial score (nSPS) is 19.3. The molecule has 2 aliphatic heterocycles. The van der Waals surface area contributed by atoms with E-state index in [1.165, 1.54) is 0 Å². The maximum atomic E-state index is 12.2. The summed E-state index contributed by atoms with van der Waals surface area (Å²) in [5.74, 6) is 0.816. The van der Waals surface area contributed by atoms with Crippen molar-refractivity contribution >= 4 is 11.9 Å². The Bertz CT molecular complexity index is 747. The van der Waals surface area contributed by atoms with Gasteiger partial charge in [0.1, 0.15) is 0 Å². The topological polar surface area (TPSA) is 96.3 Å². The van der Waals surface area contributed by atoms with Crippen molar-refractivity contribution in [2.24, 2.45) is 0 Å². The molecule has 2 N–H and O–H groups in total. The van der Waals surface area contributed by atoms with Gasteiger partial charge in [-0.1, -0.05) is 31.1 Å². The third kappa shape index (κ3) is 6.22. The molecule has 0 bridgehead atoms. The smallest absolute Gasteiger partial charge is 0.303 e. The fraction of sp³-hybridized carbons (Fsp3) is 0.545. The molecule has 2 heterocycles. The Morgan fingerprint density at radius 2 is 2.00 bits per heavy atom. The SMILES string of the molecule is O=C(O)CCCCCCN1C(=O)CCC1/C=C/C(O)Cc1ccc2c(c1)OCO2. The Balaban J connectivity index is 1.44. The van der Waals surface area contributed by atoms with E-state index in [0.717, 1.165) is 37.0 Å². The van der Waals surface area contributed by atoms with Crippen LogP contribution in [0.2, 0.25) is 0 Å². The lowest BCUT2D eigenvalue weighted by Crippen LogP contribution is -2.32. The fourth-order valence-corrected chi connectivity index (χ4v) is 3.79. The Labute approximate surface area is 170 Å². The van der Waals surface area contributed by atoms with Gasteiger partial charge < -0.3 is 24.6 Å². The summed E-state index contributed by atoms with van der Waals surface area (Å²) in [7, 11) is 0. The first kappa shape index (κ1) is 21.2. The van der Waals surface area contributed by atoms with Crippen LogP contribution in [0.4, 0.5) is 0 Å². The number of aliphatic hydroxyl groups excluding tert-OH is 1. The van der Waals surface area contributed by atoms with Crippen LogP contribution in [0.25, 0.3) is 0 Å². The molecule has 158 valence electrons. The summed E-state index contributed by atoms with van der Waals surface area (Å²) in [6.07, 6.45) is 8.38. The van der Waals surface area contributed by atoms with E-state index in [1.54, 1.807) is 6.08 Å². The molecule has 29 heavy (non-hydrogen) atoms. The molecule has 7 heteroatoms. The van der Waals surface area contributed by atoms with Crippen molar-refractivity contribution in [2.45, 2.75) is 63.5 Å². The standard InChI is InChI=1S/C22H29NO6/c24-18(13-16-6-10-19-20(14-16)29-15-28-19)9-7-17-8-11-21(25)23(17)12-4-2-1-3-5-22(26)27/h6-7,9-10,14,17-18,24H,1-5,8,11-13,15H2,(H,26,27)/b9-7+. The number of aliphatic hydroxyl groups is 1. The van der Waals surface area contributed by atoms with Crippen LogP contribution in [-0.2, 0) is 16.0 Å². The second-order valence-corrected chi connectivity index (χ2v) is 7.60.